The fourth-order valence-electron chi connectivity index (χ4n) is 1.45. The van der Waals surface area contributed by atoms with Crippen molar-refractivity contribution in [2.24, 2.45) is 11.5 Å². The van der Waals surface area contributed by atoms with Gasteiger partial charge in [0.1, 0.15) is 0 Å². The highest BCUT2D eigenvalue weighted by atomic mass is 14.7. The molecule has 4 N–H and O–H groups in total. The van der Waals surface area contributed by atoms with Crippen molar-refractivity contribution >= 4 is 10.9 Å². The fraction of sp³-hybridized carbons (Fsp3) is 0.182. The minimum Gasteiger partial charge on any atom is -0.329 e. The molecule has 1 atom stereocenters. The predicted octanol–water partition coefficient (Wildman–Crippen LogP) is 1.19. The first-order valence-corrected chi connectivity index (χ1v) is 4.61. The van der Waals surface area contributed by atoms with E-state index in [0.717, 1.165) is 16.5 Å². The van der Waals surface area contributed by atoms with Gasteiger partial charge in [0.2, 0.25) is 0 Å². The Hall–Kier alpha value is -1.45. The van der Waals surface area contributed by atoms with Crippen LogP contribution in [0, 0.1) is 0 Å². The van der Waals surface area contributed by atoms with Gasteiger partial charge in [0.25, 0.3) is 0 Å². The van der Waals surface area contributed by atoms with E-state index in [2.05, 4.69) is 4.98 Å². The van der Waals surface area contributed by atoms with Crippen molar-refractivity contribution < 1.29 is 0 Å². The van der Waals surface area contributed by atoms with Crippen LogP contribution in [0.2, 0.25) is 0 Å². The summed E-state index contributed by atoms with van der Waals surface area (Å²) >= 11 is 0. The maximum atomic E-state index is 5.83. The van der Waals surface area contributed by atoms with E-state index < -0.39 is 0 Å². The molecule has 0 aliphatic rings. The zero-order valence-corrected chi connectivity index (χ0v) is 7.85. The molecule has 0 fully saturated rings. The quantitative estimate of drug-likeness (QED) is 0.742. The van der Waals surface area contributed by atoms with Crippen LogP contribution in [0.25, 0.3) is 10.9 Å². The zero-order valence-electron chi connectivity index (χ0n) is 7.85. The molecular formula is C11H13N3. The van der Waals surface area contributed by atoms with Crippen molar-refractivity contribution in [3.8, 4) is 0 Å². The highest BCUT2D eigenvalue weighted by Gasteiger charge is 2.03. The van der Waals surface area contributed by atoms with E-state index in [1.807, 2.05) is 30.3 Å². The van der Waals surface area contributed by atoms with Crippen LogP contribution < -0.4 is 11.5 Å². The molecule has 0 amide bonds. The first kappa shape index (κ1) is 9.12. The second kappa shape index (κ2) is 3.74. The number of pyridine rings is 1. The van der Waals surface area contributed by atoms with Crippen LogP contribution in [0.4, 0.5) is 0 Å². The number of hydrogen-bond acceptors (Lipinski definition) is 3. The van der Waals surface area contributed by atoms with E-state index >= 15 is 0 Å². The summed E-state index contributed by atoms with van der Waals surface area (Å²) in [5.41, 5.74) is 13.3. The van der Waals surface area contributed by atoms with E-state index in [9.17, 15) is 0 Å². The SMILES string of the molecule is NC[C@@H](N)c1ccc2cccnc2c1. The molecule has 0 aliphatic heterocycles. The molecule has 0 saturated carbocycles. The lowest BCUT2D eigenvalue weighted by Crippen LogP contribution is -2.20. The standard InChI is InChI=1S/C11H13N3/c12-7-10(13)9-4-3-8-2-1-5-14-11(8)6-9/h1-6,10H,7,12-13H2/t10-/m1/s1. The topological polar surface area (TPSA) is 64.9 Å². The lowest BCUT2D eigenvalue weighted by molar-refractivity contribution is 0.738. The summed E-state index contributed by atoms with van der Waals surface area (Å²) in [6.07, 6.45) is 1.78. The van der Waals surface area contributed by atoms with Gasteiger partial charge in [-0.05, 0) is 17.7 Å². The summed E-state index contributed by atoms with van der Waals surface area (Å²) in [6, 6.07) is 9.87. The van der Waals surface area contributed by atoms with E-state index in [-0.39, 0.29) is 6.04 Å². The van der Waals surface area contributed by atoms with Crippen molar-refractivity contribution in [3.63, 3.8) is 0 Å². The highest BCUT2D eigenvalue weighted by Crippen LogP contribution is 2.16. The third-order valence-electron chi connectivity index (χ3n) is 2.31. The van der Waals surface area contributed by atoms with Gasteiger partial charge in [0.15, 0.2) is 0 Å². The zero-order chi connectivity index (χ0) is 9.97. The van der Waals surface area contributed by atoms with Gasteiger partial charge in [-0.2, -0.15) is 0 Å². The molecule has 0 aliphatic carbocycles. The monoisotopic (exact) mass is 187 g/mol. The van der Waals surface area contributed by atoms with Gasteiger partial charge in [0, 0.05) is 24.2 Å². The molecular weight excluding hydrogens is 174 g/mol. The van der Waals surface area contributed by atoms with Crippen molar-refractivity contribution in [3.05, 3.63) is 42.1 Å². The van der Waals surface area contributed by atoms with E-state index in [1.54, 1.807) is 6.20 Å². The summed E-state index contributed by atoms with van der Waals surface area (Å²) in [5, 5.41) is 1.13. The number of hydrogen-bond donors (Lipinski definition) is 2. The molecule has 1 aromatic heterocycles. The average molecular weight is 187 g/mol. The van der Waals surface area contributed by atoms with Gasteiger partial charge in [0.05, 0.1) is 5.52 Å². The van der Waals surface area contributed by atoms with Gasteiger partial charge in [-0.25, -0.2) is 0 Å². The third kappa shape index (κ3) is 1.60. The van der Waals surface area contributed by atoms with E-state index in [0.29, 0.717) is 6.54 Å². The van der Waals surface area contributed by atoms with E-state index in [1.165, 1.54) is 0 Å². The summed E-state index contributed by atoms with van der Waals surface area (Å²) in [6.45, 7) is 0.457. The molecule has 3 heteroatoms. The molecule has 14 heavy (non-hydrogen) atoms. The molecule has 2 rings (SSSR count). The molecule has 0 unspecified atom stereocenters. The minimum atomic E-state index is -0.0959. The predicted molar refractivity (Wildman–Crippen MR) is 57.7 cm³/mol. The van der Waals surface area contributed by atoms with Crippen LogP contribution in [0.3, 0.4) is 0 Å². The normalized spacial score (nSPS) is 13.0. The van der Waals surface area contributed by atoms with Gasteiger partial charge in [-0.3, -0.25) is 4.98 Å². The molecule has 72 valence electrons. The highest BCUT2D eigenvalue weighted by molar-refractivity contribution is 5.78. The number of fused-ring (bicyclic) bond motifs is 1. The Bertz CT molecular complexity index is 439. The Balaban J connectivity index is 2.51. The Morgan fingerprint density at radius 3 is 2.93 bits per heavy atom. The number of benzene rings is 1. The fourth-order valence-corrected chi connectivity index (χ4v) is 1.45. The van der Waals surface area contributed by atoms with Crippen molar-refractivity contribution in [2.45, 2.75) is 6.04 Å². The molecule has 0 saturated heterocycles. The maximum Gasteiger partial charge on any atom is 0.0705 e. The lowest BCUT2D eigenvalue weighted by Gasteiger charge is -2.09. The Morgan fingerprint density at radius 2 is 2.14 bits per heavy atom. The van der Waals surface area contributed by atoms with Crippen molar-refractivity contribution in [2.75, 3.05) is 6.54 Å². The van der Waals surface area contributed by atoms with Crippen molar-refractivity contribution in [1.82, 2.24) is 4.98 Å². The molecule has 1 aromatic carbocycles. The lowest BCUT2D eigenvalue weighted by atomic mass is 10.1. The Morgan fingerprint density at radius 1 is 1.29 bits per heavy atom. The first-order chi connectivity index (χ1) is 6.81. The first-order valence-electron chi connectivity index (χ1n) is 4.61. The second-order valence-electron chi connectivity index (χ2n) is 3.30. The minimum absolute atomic E-state index is 0.0959. The van der Waals surface area contributed by atoms with Gasteiger partial charge >= 0.3 is 0 Å². The maximum absolute atomic E-state index is 5.83. The number of nitrogens with zero attached hydrogens (tertiary/aromatic N) is 1. The van der Waals surface area contributed by atoms with Crippen LogP contribution in [0.15, 0.2) is 36.5 Å². The molecule has 0 bridgehead atoms. The molecule has 0 radical (unpaired) electrons. The van der Waals surface area contributed by atoms with Crippen LogP contribution in [0.5, 0.6) is 0 Å². The smallest absolute Gasteiger partial charge is 0.0705 e. The number of nitrogens with two attached hydrogens (primary N) is 2. The number of aromatic nitrogens is 1. The van der Waals surface area contributed by atoms with Crippen LogP contribution >= 0.6 is 0 Å². The largest absolute Gasteiger partial charge is 0.329 e. The second-order valence-corrected chi connectivity index (χ2v) is 3.30. The van der Waals surface area contributed by atoms with Gasteiger partial charge in [-0.1, -0.05) is 18.2 Å². The van der Waals surface area contributed by atoms with E-state index in [4.69, 9.17) is 11.5 Å². The number of rotatable bonds is 2. The summed E-state index contributed by atoms with van der Waals surface area (Å²) < 4.78 is 0. The Kier molecular flexibility index (Phi) is 2.43. The summed E-state index contributed by atoms with van der Waals surface area (Å²) in [5.74, 6) is 0. The average Bonchev–Trinajstić information content (AvgIpc) is 2.27. The van der Waals surface area contributed by atoms with Crippen LogP contribution in [0.1, 0.15) is 11.6 Å². The van der Waals surface area contributed by atoms with Crippen molar-refractivity contribution in [1.29, 1.82) is 0 Å². The van der Waals surface area contributed by atoms with Gasteiger partial charge in [-0.15, -0.1) is 0 Å². The summed E-state index contributed by atoms with van der Waals surface area (Å²) in [4.78, 5) is 4.26. The molecule has 3 nitrogen and oxygen atoms in total. The Labute approximate surface area is 82.7 Å². The molecule has 2 aromatic rings. The van der Waals surface area contributed by atoms with Gasteiger partial charge < -0.3 is 11.5 Å². The molecule has 0 spiro atoms. The third-order valence-corrected chi connectivity index (χ3v) is 2.31. The van der Waals surface area contributed by atoms with Crippen LogP contribution in [-0.2, 0) is 0 Å². The van der Waals surface area contributed by atoms with Crippen LogP contribution in [-0.4, -0.2) is 11.5 Å². The molecule has 1 heterocycles. The summed E-state index contributed by atoms with van der Waals surface area (Å²) in [7, 11) is 0.